The molecule has 1 unspecified atom stereocenters. The van der Waals surface area contributed by atoms with Crippen molar-refractivity contribution in [2.45, 2.75) is 64.0 Å². The fourth-order valence-corrected chi connectivity index (χ4v) is 3.70. The van der Waals surface area contributed by atoms with Crippen molar-refractivity contribution >= 4 is 11.3 Å². The maximum Gasteiger partial charge on any atom is 0.113 e. The molecule has 1 atom stereocenters. The van der Waals surface area contributed by atoms with Gasteiger partial charge in [0.15, 0.2) is 0 Å². The van der Waals surface area contributed by atoms with Crippen LogP contribution >= 0.6 is 11.3 Å². The molecule has 0 radical (unpaired) electrons. The summed E-state index contributed by atoms with van der Waals surface area (Å²) in [6.07, 6.45) is 8.26. The van der Waals surface area contributed by atoms with E-state index >= 15 is 0 Å². The second-order valence-corrected chi connectivity index (χ2v) is 6.90. The van der Waals surface area contributed by atoms with E-state index in [0.717, 1.165) is 12.0 Å². The molecule has 1 aromatic rings. The van der Waals surface area contributed by atoms with Crippen LogP contribution in [0.5, 0.6) is 0 Å². The average molecular weight is 250 g/mol. The van der Waals surface area contributed by atoms with Crippen LogP contribution in [0.4, 0.5) is 0 Å². The van der Waals surface area contributed by atoms with Gasteiger partial charge in [0, 0.05) is 17.1 Å². The van der Waals surface area contributed by atoms with Crippen LogP contribution in [0.2, 0.25) is 0 Å². The Labute approximate surface area is 108 Å². The molecule has 0 spiro atoms. The largest absolute Gasteiger partial charge is 0.303 e. The summed E-state index contributed by atoms with van der Waals surface area (Å²) in [7, 11) is 0. The third kappa shape index (κ3) is 2.55. The Morgan fingerprint density at radius 1 is 1.41 bits per heavy atom. The van der Waals surface area contributed by atoms with Gasteiger partial charge in [0.2, 0.25) is 0 Å². The maximum atomic E-state index is 4.73. The second kappa shape index (κ2) is 4.36. The molecule has 94 valence electrons. The highest BCUT2D eigenvalue weighted by Crippen LogP contribution is 2.40. The van der Waals surface area contributed by atoms with Gasteiger partial charge < -0.3 is 5.32 Å². The van der Waals surface area contributed by atoms with Crippen molar-refractivity contribution in [2.75, 3.05) is 0 Å². The van der Waals surface area contributed by atoms with Crippen LogP contribution in [-0.4, -0.2) is 11.0 Å². The molecule has 17 heavy (non-hydrogen) atoms. The number of nitrogens with one attached hydrogen (secondary N) is 1. The summed E-state index contributed by atoms with van der Waals surface area (Å²) in [6.45, 7) is 4.46. The molecule has 1 heterocycles. The van der Waals surface area contributed by atoms with Crippen LogP contribution in [0.15, 0.2) is 5.38 Å². The van der Waals surface area contributed by atoms with Crippen LogP contribution in [0.25, 0.3) is 0 Å². The summed E-state index contributed by atoms with van der Waals surface area (Å²) >= 11 is 1.83. The van der Waals surface area contributed by atoms with Gasteiger partial charge in [-0.05, 0) is 39.0 Å². The van der Waals surface area contributed by atoms with Crippen molar-refractivity contribution in [2.24, 2.45) is 5.92 Å². The Bertz CT molecular complexity index is 393. The van der Waals surface area contributed by atoms with Crippen LogP contribution in [-0.2, 0) is 5.54 Å². The second-order valence-electron chi connectivity index (χ2n) is 6.05. The Morgan fingerprint density at radius 3 is 2.65 bits per heavy atom. The summed E-state index contributed by atoms with van der Waals surface area (Å²) in [4.78, 5) is 4.73. The standard InChI is InChI=1S/C14H22N2S/c1-10-9-17-13(15-10)14(2,16-12-6-7-12)8-11-4-3-5-11/h9,11-12,16H,3-8H2,1-2H3. The van der Waals surface area contributed by atoms with E-state index in [1.54, 1.807) is 0 Å². The topological polar surface area (TPSA) is 24.9 Å². The summed E-state index contributed by atoms with van der Waals surface area (Å²) in [5, 5.41) is 7.33. The Morgan fingerprint density at radius 2 is 2.18 bits per heavy atom. The van der Waals surface area contributed by atoms with E-state index in [1.807, 2.05) is 11.3 Å². The predicted octanol–water partition coefficient (Wildman–Crippen LogP) is 3.61. The van der Waals surface area contributed by atoms with Gasteiger partial charge in [-0.2, -0.15) is 0 Å². The number of aryl methyl sites for hydroxylation is 1. The predicted molar refractivity (Wildman–Crippen MR) is 72.3 cm³/mol. The van der Waals surface area contributed by atoms with Gasteiger partial charge in [0.05, 0.1) is 5.54 Å². The van der Waals surface area contributed by atoms with Gasteiger partial charge in [-0.25, -0.2) is 4.98 Å². The zero-order valence-corrected chi connectivity index (χ0v) is 11.6. The van der Waals surface area contributed by atoms with Crippen molar-refractivity contribution < 1.29 is 0 Å². The van der Waals surface area contributed by atoms with E-state index in [9.17, 15) is 0 Å². The van der Waals surface area contributed by atoms with E-state index in [4.69, 9.17) is 4.98 Å². The van der Waals surface area contributed by atoms with Gasteiger partial charge in [-0.3, -0.25) is 0 Å². The fraction of sp³-hybridized carbons (Fsp3) is 0.786. The van der Waals surface area contributed by atoms with Gasteiger partial charge in [0.25, 0.3) is 0 Å². The maximum absolute atomic E-state index is 4.73. The van der Waals surface area contributed by atoms with Gasteiger partial charge >= 0.3 is 0 Å². The molecule has 3 heteroatoms. The first-order valence-electron chi connectivity index (χ1n) is 6.86. The summed E-state index contributed by atoms with van der Waals surface area (Å²) in [6, 6.07) is 0.754. The number of hydrogen-bond donors (Lipinski definition) is 1. The monoisotopic (exact) mass is 250 g/mol. The average Bonchev–Trinajstić information content (AvgIpc) is 2.92. The fourth-order valence-electron chi connectivity index (χ4n) is 2.77. The first-order valence-corrected chi connectivity index (χ1v) is 7.74. The molecule has 3 rings (SSSR count). The number of thiazole rings is 1. The number of rotatable bonds is 5. The van der Waals surface area contributed by atoms with Crippen molar-refractivity contribution in [1.29, 1.82) is 0 Å². The van der Waals surface area contributed by atoms with Gasteiger partial charge in [-0.1, -0.05) is 19.3 Å². The third-order valence-corrected chi connectivity index (χ3v) is 5.34. The Hall–Kier alpha value is -0.410. The SMILES string of the molecule is Cc1csc(C(C)(CC2CCC2)NC2CC2)n1. The normalized spacial score (nSPS) is 24.4. The Balaban J connectivity index is 1.77. The lowest BCUT2D eigenvalue weighted by Crippen LogP contribution is -2.43. The molecule has 2 nitrogen and oxygen atoms in total. The molecule has 2 aliphatic carbocycles. The number of hydrogen-bond acceptors (Lipinski definition) is 3. The highest BCUT2D eigenvalue weighted by molar-refractivity contribution is 7.09. The molecular formula is C14H22N2S. The molecule has 0 bridgehead atoms. The lowest BCUT2D eigenvalue weighted by Gasteiger charge is -2.36. The van der Waals surface area contributed by atoms with E-state index in [2.05, 4.69) is 24.5 Å². The highest BCUT2D eigenvalue weighted by atomic mass is 32.1. The molecule has 1 N–H and O–H groups in total. The smallest absolute Gasteiger partial charge is 0.113 e. The molecule has 0 aromatic carbocycles. The van der Waals surface area contributed by atoms with E-state index in [0.29, 0.717) is 0 Å². The van der Waals surface area contributed by atoms with Crippen LogP contribution in [0.1, 0.15) is 56.2 Å². The minimum atomic E-state index is 0.130. The minimum absolute atomic E-state index is 0.130. The minimum Gasteiger partial charge on any atom is -0.303 e. The van der Waals surface area contributed by atoms with Crippen LogP contribution in [0, 0.1) is 12.8 Å². The highest BCUT2D eigenvalue weighted by Gasteiger charge is 2.38. The molecule has 0 amide bonds. The van der Waals surface area contributed by atoms with Crippen molar-refractivity contribution in [3.05, 3.63) is 16.1 Å². The lowest BCUT2D eigenvalue weighted by molar-refractivity contribution is 0.201. The first kappa shape index (κ1) is 11.7. The lowest BCUT2D eigenvalue weighted by atomic mass is 9.76. The van der Waals surface area contributed by atoms with E-state index in [-0.39, 0.29) is 5.54 Å². The first-order chi connectivity index (χ1) is 8.16. The summed E-state index contributed by atoms with van der Waals surface area (Å²) < 4.78 is 0. The van der Waals surface area contributed by atoms with Gasteiger partial charge in [0.1, 0.15) is 5.01 Å². The van der Waals surface area contributed by atoms with Crippen molar-refractivity contribution in [3.63, 3.8) is 0 Å². The quantitative estimate of drug-likeness (QED) is 0.863. The summed E-state index contributed by atoms with van der Waals surface area (Å²) in [5.41, 5.74) is 1.30. The number of aromatic nitrogens is 1. The Kier molecular flexibility index (Phi) is 2.99. The molecule has 2 fully saturated rings. The number of nitrogens with zero attached hydrogens (tertiary/aromatic N) is 1. The summed E-state index contributed by atoms with van der Waals surface area (Å²) in [5.74, 6) is 0.926. The van der Waals surface area contributed by atoms with Crippen molar-refractivity contribution in [3.8, 4) is 0 Å². The van der Waals surface area contributed by atoms with E-state index in [1.165, 1.54) is 49.2 Å². The van der Waals surface area contributed by atoms with Crippen LogP contribution < -0.4 is 5.32 Å². The zero-order chi connectivity index (χ0) is 11.9. The van der Waals surface area contributed by atoms with Gasteiger partial charge in [-0.15, -0.1) is 11.3 Å². The zero-order valence-electron chi connectivity index (χ0n) is 10.8. The molecular weight excluding hydrogens is 228 g/mol. The van der Waals surface area contributed by atoms with E-state index < -0.39 is 0 Å². The van der Waals surface area contributed by atoms with Crippen LogP contribution in [0.3, 0.4) is 0 Å². The molecule has 1 aromatic heterocycles. The molecule has 2 aliphatic rings. The molecule has 0 saturated heterocycles. The van der Waals surface area contributed by atoms with Crippen molar-refractivity contribution in [1.82, 2.24) is 10.3 Å². The molecule has 2 saturated carbocycles. The third-order valence-electron chi connectivity index (χ3n) is 4.11. The molecule has 0 aliphatic heterocycles.